The Bertz CT molecular complexity index is 862. The van der Waals surface area contributed by atoms with Crippen LogP contribution in [0.25, 0.3) is 0 Å². The number of aryl methyl sites for hydroxylation is 1. The fourth-order valence-electron chi connectivity index (χ4n) is 3.51. The highest BCUT2D eigenvalue weighted by Crippen LogP contribution is 2.38. The summed E-state index contributed by atoms with van der Waals surface area (Å²) in [6.45, 7) is 1.86. The summed E-state index contributed by atoms with van der Waals surface area (Å²) in [5.74, 6) is 0.874. The first-order valence-corrected chi connectivity index (χ1v) is 8.68. The Labute approximate surface area is 149 Å². The van der Waals surface area contributed by atoms with Gasteiger partial charge >= 0.3 is 0 Å². The van der Waals surface area contributed by atoms with Crippen LogP contribution >= 0.6 is 11.6 Å². The highest BCUT2D eigenvalue weighted by Gasteiger charge is 2.41. The van der Waals surface area contributed by atoms with E-state index in [4.69, 9.17) is 16.4 Å². The highest BCUT2D eigenvalue weighted by atomic mass is 35.5. The van der Waals surface area contributed by atoms with E-state index < -0.39 is 5.66 Å². The minimum atomic E-state index is -0.536. The second-order valence-electron chi connectivity index (χ2n) is 6.44. The van der Waals surface area contributed by atoms with Gasteiger partial charge in [-0.15, -0.1) is 0 Å². The van der Waals surface area contributed by atoms with Crippen LogP contribution < -0.4 is 26.7 Å². The molecule has 9 heteroatoms. The SMILES string of the molecule is Cc1cc(Nc2cc(Cl)c3n(c2=O)C2(CCCCC2)NNO3)ncn1. The van der Waals surface area contributed by atoms with Gasteiger partial charge in [0.1, 0.15) is 28.5 Å². The van der Waals surface area contributed by atoms with Gasteiger partial charge in [-0.05, 0) is 38.7 Å². The molecule has 0 bridgehead atoms. The molecule has 1 aliphatic heterocycles. The average Bonchev–Trinajstić information content (AvgIpc) is 2.60. The van der Waals surface area contributed by atoms with Gasteiger partial charge < -0.3 is 10.2 Å². The number of nitrogens with zero attached hydrogens (tertiary/aromatic N) is 3. The van der Waals surface area contributed by atoms with Crippen LogP contribution in [0, 0.1) is 6.92 Å². The summed E-state index contributed by atoms with van der Waals surface area (Å²) < 4.78 is 1.63. The Balaban J connectivity index is 1.82. The van der Waals surface area contributed by atoms with Gasteiger partial charge in [0.05, 0.1) is 0 Å². The second-order valence-corrected chi connectivity index (χ2v) is 6.85. The summed E-state index contributed by atoms with van der Waals surface area (Å²) >= 11 is 6.39. The number of hydrogen-bond donors (Lipinski definition) is 3. The fourth-order valence-corrected chi connectivity index (χ4v) is 3.75. The predicted octanol–water partition coefficient (Wildman–Crippen LogP) is 2.36. The summed E-state index contributed by atoms with van der Waals surface area (Å²) in [6, 6.07) is 3.33. The lowest BCUT2D eigenvalue weighted by Crippen LogP contribution is -2.62. The van der Waals surface area contributed by atoms with Gasteiger partial charge in [-0.25, -0.2) is 9.97 Å². The summed E-state index contributed by atoms with van der Waals surface area (Å²) in [6.07, 6.45) is 6.31. The van der Waals surface area contributed by atoms with Crippen LogP contribution in [0.3, 0.4) is 0 Å². The van der Waals surface area contributed by atoms with Crippen LogP contribution in [0.4, 0.5) is 11.5 Å². The molecule has 0 saturated heterocycles. The summed E-state index contributed by atoms with van der Waals surface area (Å²) in [5.41, 5.74) is 6.27. The molecular weight excluding hydrogens is 344 g/mol. The van der Waals surface area contributed by atoms with Gasteiger partial charge in [0, 0.05) is 11.8 Å². The minimum Gasteiger partial charge on any atom is -0.373 e. The molecule has 3 heterocycles. The third kappa shape index (κ3) is 2.86. The molecule has 2 aromatic heterocycles. The molecule has 1 fully saturated rings. The molecule has 0 amide bonds. The van der Waals surface area contributed by atoms with Crippen LogP contribution in [0.1, 0.15) is 37.8 Å². The topological polar surface area (TPSA) is 93.1 Å². The van der Waals surface area contributed by atoms with Crippen molar-refractivity contribution in [1.29, 1.82) is 0 Å². The van der Waals surface area contributed by atoms with Crippen molar-refractivity contribution in [2.24, 2.45) is 0 Å². The van der Waals surface area contributed by atoms with Gasteiger partial charge in [0.15, 0.2) is 0 Å². The first-order valence-electron chi connectivity index (χ1n) is 8.30. The van der Waals surface area contributed by atoms with Crippen molar-refractivity contribution >= 4 is 23.1 Å². The Morgan fingerprint density at radius 1 is 1.28 bits per heavy atom. The molecular formula is C16H19ClN6O2. The van der Waals surface area contributed by atoms with Crippen molar-refractivity contribution in [3.8, 4) is 5.88 Å². The Morgan fingerprint density at radius 3 is 2.84 bits per heavy atom. The Hall–Kier alpha value is -2.16. The Morgan fingerprint density at radius 2 is 2.08 bits per heavy atom. The molecule has 1 saturated carbocycles. The molecule has 0 atom stereocenters. The number of pyridine rings is 1. The lowest BCUT2D eigenvalue weighted by Gasteiger charge is -2.43. The molecule has 1 spiro atoms. The van der Waals surface area contributed by atoms with E-state index in [-0.39, 0.29) is 5.56 Å². The van der Waals surface area contributed by atoms with E-state index in [1.807, 2.05) is 6.92 Å². The molecule has 2 aromatic rings. The maximum absolute atomic E-state index is 13.2. The van der Waals surface area contributed by atoms with Crippen LogP contribution in [0.15, 0.2) is 23.3 Å². The molecule has 2 aliphatic rings. The van der Waals surface area contributed by atoms with Gasteiger partial charge in [0.25, 0.3) is 5.56 Å². The molecule has 3 N–H and O–H groups in total. The number of aromatic nitrogens is 3. The molecule has 4 rings (SSSR count). The van der Waals surface area contributed by atoms with Crippen LogP contribution in [0.5, 0.6) is 5.88 Å². The zero-order valence-corrected chi connectivity index (χ0v) is 14.6. The highest BCUT2D eigenvalue weighted by molar-refractivity contribution is 6.32. The number of fused-ring (bicyclic) bond motifs is 2. The zero-order valence-electron chi connectivity index (χ0n) is 13.8. The molecule has 8 nitrogen and oxygen atoms in total. The van der Waals surface area contributed by atoms with Crippen molar-refractivity contribution in [3.05, 3.63) is 39.5 Å². The summed E-state index contributed by atoms with van der Waals surface area (Å²) in [4.78, 5) is 26.8. The van der Waals surface area contributed by atoms with Crippen molar-refractivity contribution < 1.29 is 4.84 Å². The number of anilines is 2. The molecule has 132 valence electrons. The second kappa shape index (κ2) is 6.29. The smallest absolute Gasteiger partial charge is 0.278 e. The number of rotatable bonds is 2. The van der Waals surface area contributed by atoms with Gasteiger partial charge in [-0.3, -0.25) is 9.36 Å². The van der Waals surface area contributed by atoms with Crippen molar-refractivity contribution in [2.45, 2.75) is 44.7 Å². The standard InChI is InChI=1S/C16H19ClN6O2/c1-10-7-13(19-9-18-10)20-12-8-11(17)15-23(14(12)24)16(21-22-25-15)5-3-2-4-6-16/h7-9,21-22H,2-6H2,1H3,(H,18,19,20). The fraction of sp³-hybridized carbons (Fsp3) is 0.438. The molecule has 0 radical (unpaired) electrons. The largest absolute Gasteiger partial charge is 0.373 e. The minimum absolute atomic E-state index is 0.202. The van der Waals surface area contributed by atoms with Crippen molar-refractivity contribution in [3.63, 3.8) is 0 Å². The van der Waals surface area contributed by atoms with E-state index in [0.29, 0.717) is 22.4 Å². The molecule has 25 heavy (non-hydrogen) atoms. The quantitative estimate of drug-likeness (QED) is 0.755. The lowest BCUT2D eigenvalue weighted by atomic mass is 9.88. The third-order valence-corrected chi connectivity index (χ3v) is 4.99. The predicted molar refractivity (Wildman–Crippen MR) is 93.7 cm³/mol. The van der Waals surface area contributed by atoms with Gasteiger partial charge in [-0.2, -0.15) is 5.43 Å². The Kier molecular flexibility index (Phi) is 4.10. The maximum atomic E-state index is 13.2. The molecule has 0 aromatic carbocycles. The van der Waals surface area contributed by atoms with Gasteiger partial charge in [0.2, 0.25) is 5.88 Å². The van der Waals surface area contributed by atoms with Crippen LogP contribution in [0.2, 0.25) is 5.02 Å². The zero-order chi connectivity index (χ0) is 17.4. The number of hydrazine groups is 1. The lowest BCUT2D eigenvalue weighted by molar-refractivity contribution is -0.0227. The maximum Gasteiger partial charge on any atom is 0.278 e. The molecule has 1 aliphatic carbocycles. The third-order valence-electron chi connectivity index (χ3n) is 4.72. The van der Waals surface area contributed by atoms with E-state index in [0.717, 1.165) is 37.8 Å². The number of nitrogens with one attached hydrogen (secondary N) is 3. The van der Waals surface area contributed by atoms with Crippen molar-refractivity contribution in [2.75, 3.05) is 5.32 Å². The molecule has 0 unspecified atom stereocenters. The first-order chi connectivity index (χ1) is 12.1. The van der Waals surface area contributed by atoms with Gasteiger partial charge in [-0.1, -0.05) is 23.6 Å². The van der Waals surface area contributed by atoms with E-state index in [9.17, 15) is 4.79 Å². The number of halogens is 1. The van der Waals surface area contributed by atoms with E-state index in [2.05, 4.69) is 26.3 Å². The monoisotopic (exact) mass is 362 g/mol. The van der Waals surface area contributed by atoms with E-state index in [1.165, 1.54) is 6.33 Å². The van der Waals surface area contributed by atoms with Crippen molar-refractivity contribution in [1.82, 2.24) is 25.5 Å². The van der Waals surface area contributed by atoms with E-state index in [1.54, 1.807) is 16.7 Å². The summed E-state index contributed by atoms with van der Waals surface area (Å²) in [7, 11) is 0. The van der Waals surface area contributed by atoms with Crippen LogP contribution in [-0.2, 0) is 5.66 Å². The van der Waals surface area contributed by atoms with E-state index >= 15 is 0 Å². The number of hydrogen-bond acceptors (Lipinski definition) is 7. The normalized spacial score (nSPS) is 18.5. The van der Waals surface area contributed by atoms with Crippen LogP contribution in [-0.4, -0.2) is 14.5 Å². The summed E-state index contributed by atoms with van der Waals surface area (Å²) in [5, 5.41) is 3.41. The average molecular weight is 363 g/mol. The first kappa shape index (κ1) is 16.3.